The first-order valence-electron chi connectivity index (χ1n) is 33.4. The number of benzene rings is 1. The van der Waals surface area contributed by atoms with E-state index in [0.717, 1.165) is 132 Å². The summed E-state index contributed by atoms with van der Waals surface area (Å²) in [6, 6.07) is 13.0. The molecule has 10 rings (SSSR count). The second-order valence-corrected chi connectivity index (χ2v) is 27.4. The molecule has 0 spiro atoms. The first kappa shape index (κ1) is 66.7. The van der Waals surface area contributed by atoms with E-state index >= 15 is 0 Å². The second kappa shape index (κ2) is 32.2. The van der Waals surface area contributed by atoms with E-state index in [1.165, 1.54) is 153 Å². The normalized spacial score (nSPS) is 23.4. The van der Waals surface area contributed by atoms with Crippen LogP contribution in [0.25, 0.3) is 22.2 Å². The number of piperazine rings is 1. The minimum Gasteiger partial charge on any atom is -0.372 e. The predicted octanol–water partition coefficient (Wildman–Crippen LogP) is 13.0. The largest absolute Gasteiger partial charge is 0.372 e. The molecule has 7 fully saturated rings. The van der Waals surface area contributed by atoms with Crippen LogP contribution in [-0.2, 0) is 13.0 Å². The molecule has 2 aromatic heterocycles. The Labute approximate surface area is 507 Å². The van der Waals surface area contributed by atoms with E-state index in [2.05, 4.69) is 176 Å². The van der Waals surface area contributed by atoms with Crippen LogP contribution in [0.2, 0.25) is 0 Å². The van der Waals surface area contributed by atoms with Crippen LogP contribution in [0, 0.1) is 23.2 Å². The van der Waals surface area contributed by atoms with E-state index in [-0.39, 0.29) is 11.5 Å². The van der Waals surface area contributed by atoms with Crippen molar-refractivity contribution in [2.24, 2.45) is 34.7 Å². The molecular weight excluding hydrogens is 1020 g/mol. The van der Waals surface area contributed by atoms with Gasteiger partial charge >= 0.3 is 0 Å². The zero-order valence-electron chi connectivity index (χ0n) is 54.5. The summed E-state index contributed by atoms with van der Waals surface area (Å²) in [6.45, 7) is 45.4. The van der Waals surface area contributed by atoms with Crippen molar-refractivity contribution >= 4 is 22.3 Å². The van der Waals surface area contributed by atoms with Crippen molar-refractivity contribution in [3.8, 4) is 11.3 Å². The number of likely N-dealkylation sites (tertiary alicyclic amines) is 1. The highest BCUT2D eigenvalue weighted by atomic mass is 15.3. The van der Waals surface area contributed by atoms with Crippen molar-refractivity contribution in [3.63, 3.8) is 0 Å². The molecule has 464 valence electrons. The molecule has 1 aromatic carbocycles. The first-order chi connectivity index (χ1) is 39.9. The van der Waals surface area contributed by atoms with Gasteiger partial charge in [0.2, 0.25) is 0 Å². The molecule has 7 unspecified atom stereocenters. The number of piperidine rings is 1. The highest BCUT2D eigenvalue weighted by molar-refractivity contribution is 5.95. The quantitative estimate of drug-likeness (QED) is 0.0203. The van der Waals surface area contributed by atoms with E-state index in [0.29, 0.717) is 12.1 Å². The molecule has 4 saturated heterocycles. The number of rotatable bonds is 26. The van der Waals surface area contributed by atoms with Crippen LogP contribution < -0.4 is 32.1 Å². The highest BCUT2D eigenvalue weighted by Crippen LogP contribution is 2.46. The summed E-state index contributed by atoms with van der Waals surface area (Å²) in [5.74, 6) is 7.94. The number of anilines is 2. The van der Waals surface area contributed by atoms with Gasteiger partial charge in [0.25, 0.3) is 0 Å². The van der Waals surface area contributed by atoms with Gasteiger partial charge in [-0.05, 0) is 218 Å². The van der Waals surface area contributed by atoms with E-state index < -0.39 is 0 Å². The van der Waals surface area contributed by atoms with Crippen molar-refractivity contribution in [1.82, 2.24) is 39.9 Å². The number of aromatic nitrogens is 2. The summed E-state index contributed by atoms with van der Waals surface area (Å²) in [6.07, 6.45) is 29.6. The van der Waals surface area contributed by atoms with E-state index in [1.807, 2.05) is 7.05 Å². The standard InChI is InChI=1S/C38H56N6.C16H30N2.C9H21N3.C8H13N/c1-7-44-35-14-13-30(41-17-9-8-10-18-41)23-32(35)34(25-38(5,6)16-15-27(2)3)37(44)33-24-31(26-40-36(33)28(4)39)43-21-19-42(20-22-43)29-11-12-29;1-4-16(15-8-6-7-9-15)18-11-10-14(13-18)12-17(3)5-2;1-8(9(2)11-3)6-4-5-7-12-10;1-3-7-8(9(7)2)6-4-5-6/h13-14,23-24,26,28-29H,2,7-12,15-22,25,39H2,1,3-6H3;4,14-16H,1,5-13H2,2-3H3;9,11-12H,1,4-7,10H2,2-3H3;3,6-8H,1,4-5H2,2H3. The van der Waals surface area contributed by atoms with Crippen molar-refractivity contribution in [3.05, 3.63) is 91.3 Å². The molecule has 83 heavy (non-hydrogen) atoms. The summed E-state index contributed by atoms with van der Waals surface area (Å²) in [4.78, 5) is 20.5. The molecule has 0 bridgehead atoms. The number of hydrogen-bond acceptors (Lipinski definition) is 11. The zero-order chi connectivity index (χ0) is 59.8. The minimum absolute atomic E-state index is 0.125. The fraction of sp³-hybridized carbons (Fsp3) is 0.704. The Morgan fingerprint density at radius 3 is 2.14 bits per heavy atom. The maximum atomic E-state index is 6.70. The molecule has 4 aliphatic heterocycles. The van der Waals surface area contributed by atoms with E-state index in [4.69, 9.17) is 16.6 Å². The van der Waals surface area contributed by atoms with Crippen molar-refractivity contribution in [2.75, 3.05) is 103 Å². The number of likely N-dealkylation sites (N-methyl/N-ethyl adjacent to an activating group) is 2. The Balaban J connectivity index is 0.000000205. The number of hydrogen-bond donors (Lipinski definition) is 4. The molecule has 0 radical (unpaired) electrons. The van der Waals surface area contributed by atoms with Gasteiger partial charge in [0, 0.05) is 124 Å². The predicted molar refractivity (Wildman–Crippen MR) is 359 cm³/mol. The summed E-state index contributed by atoms with van der Waals surface area (Å²) in [7, 11) is 6.39. The minimum atomic E-state index is -0.151. The Bertz CT molecular complexity index is 2480. The lowest BCUT2D eigenvalue weighted by atomic mass is 9.79. The Kier molecular flexibility index (Phi) is 25.9. The van der Waals surface area contributed by atoms with Crippen LogP contribution in [0.3, 0.4) is 0 Å². The zero-order valence-corrected chi connectivity index (χ0v) is 54.5. The number of nitrogens with one attached hydrogen (secondary N) is 2. The van der Waals surface area contributed by atoms with Crippen LogP contribution in [0.1, 0.15) is 175 Å². The molecule has 6 heterocycles. The lowest BCUT2D eigenvalue weighted by Crippen LogP contribution is -2.47. The number of pyridine rings is 1. The van der Waals surface area contributed by atoms with Gasteiger partial charge in [-0.3, -0.25) is 31.0 Å². The summed E-state index contributed by atoms with van der Waals surface area (Å²) in [5, 5.41) is 4.56. The molecule has 3 saturated carbocycles. The number of nitrogens with zero attached hydrogens (tertiary/aromatic N) is 8. The second-order valence-electron chi connectivity index (χ2n) is 27.4. The molecule has 0 amide bonds. The topological polar surface area (TPSA) is 113 Å². The lowest BCUT2D eigenvalue weighted by molar-refractivity contribution is 0.200. The van der Waals surface area contributed by atoms with E-state index in [1.54, 1.807) is 0 Å². The van der Waals surface area contributed by atoms with Gasteiger partial charge in [0.05, 0.1) is 23.3 Å². The molecule has 12 heteroatoms. The summed E-state index contributed by atoms with van der Waals surface area (Å²) < 4.78 is 2.55. The van der Waals surface area contributed by atoms with Crippen LogP contribution >= 0.6 is 0 Å². The smallest absolute Gasteiger partial charge is 0.0663 e. The molecule has 12 nitrogen and oxygen atoms in total. The van der Waals surface area contributed by atoms with Crippen molar-refractivity contribution < 1.29 is 0 Å². The van der Waals surface area contributed by atoms with Gasteiger partial charge in [-0.1, -0.05) is 63.5 Å². The lowest BCUT2D eigenvalue weighted by Gasteiger charge is -2.36. The van der Waals surface area contributed by atoms with Gasteiger partial charge in [-0.15, -0.1) is 19.7 Å². The van der Waals surface area contributed by atoms with Gasteiger partial charge in [0.1, 0.15) is 0 Å². The molecule has 6 N–H and O–H groups in total. The number of hydrazine groups is 1. The fourth-order valence-electron chi connectivity index (χ4n) is 14.2. The van der Waals surface area contributed by atoms with Gasteiger partial charge < -0.3 is 30.3 Å². The first-order valence-corrected chi connectivity index (χ1v) is 33.4. The summed E-state index contributed by atoms with van der Waals surface area (Å²) in [5.41, 5.74) is 20.9. The third-order valence-corrected chi connectivity index (χ3v) is 20.0. The Morgan fingerprint density at radius 1 is 0.867 bits per heavy atom. The van der Waals surface area contributed by atoms with Crippen LogP contribution in [0.4, 0.5) is 11.4 Å². The number of aryl methyl sites for hydroxylation is 1. The highest BCUT2D eigenvalue weighted by Gasteiger charge is 2.51. The fourth-order valence-corrected chi connectivity index (χ4v) is 14.2. The average Bonchev–Trinajstić information content (AvgIpc) is 2.50. The molecule has 7 atom stereocenters. The number of fused-ring (bicyclic) bond motifs is 1. The van der Waals surface area contributed by atoms with Crippen LogP contribution in [-0.4, -0.2) is 152 Å². The van der Waals surface area contributed by atoms with Gasteiger partial charge in [0.15, 0.2) is 0 Å². The third-order valence-electron chi connectivity index (χ3n) is 20.0. The molecule has 3 aliphatic carbocycles. The van der Waals surface area contributed by atoms with Crippen molar-refractivity contribution in [1.29, 1.82) is 0 Å². The Hall–Kier alpha value is -3.85. The van der Waals surface area contributed by atoms with Crippen LogP contribution in [0.15, 0.2) is 80.1 Å². The Morgan fingerprint density at radius 2 is 1.57 bits per heavy atom. The maximum absolute atomic E-state index is 6.70. The third kappa shape index (κ3) is 18.8. The van der Waals surface area contributed by atoms with Gasteiger partial charge in [-0.2, -0.15) is 0 Å². The van der Waals surface area contributed by atoms with E-state index in [9.17, 15) is 0 Å². The molecule has 7 aliphatic rings. The summed E-state index contributed by atoms with van der Waals surface area (Å²) >= 11 is 0. The molecule has 3 aromatic rings. The van der Waals surface area contributed by atoms with Crippen LogP contribution in [0.5, 0.6) is 0 Å². The number of unbranched alkanes of at least 4 members (excludes halogenated alkanes) is 1. The SMILES string of the molecule is C=C(C)CCC(C)(C)Cc1c(-c2cc(N3CCN(C4CC4)CC3)cnc2C(C)N)n(CC)c2ccc(N3CCCCC3)cc12.C=C(CCCCNN)C(C)NC.C=CC(C1CCCC1)N1CCC(CN(C)CC)C1.C=CC1C(C2CC2)N1C. The maximum Gasteiger partial charge on any atom is 0.0663 e. The van der Waals surface area contributed by atoms with Crippen molar-refractivity contribution in [2.45, 2.75) is 207 Å². The number of nitrogens with two attached hydrogens (primary N) is 2. The average molecular weight is 1140 g/mol. The number of allylic oxidation sites excluding steroid dienone is 1. The molecular formula is C71H120N12. The monoisotopic (exact) mass is 1140 g/mol. The van der Waals surface area contributed by atoms with Gasteiger partial charge in [-0.25, -0.2) is 0 Å².